The minimum Gasteiger partial charge on any atom is -0.485 e. The summed E-state index contributed by atoms with van der Waals surface area (Å²) < 4.78 is 29.2. The van der Waals surface area contributed by atoms with Gasteiger partial charge in [0.25, 0.3) is 12.3 Å². The first-order chi connectivity index (χ1) is 9.58. The van der Waals surface area contributed by atoms with Crippen LogP contribution in [0.4, 0.5) is 8.78 Å². The lowest BCUT2D eigenvalue weighted by Crippen LogP contribution is -2.35. The van der Waals surface area contributed by atoms with E-state index in [0.29, 0.717) is 12.8 Å². The van der Waals surface area contributed by atoms with Crippen LogP contribution in [0.15, 0.2) is 18.3 Å². The van der Waals surface area contributed by atoms with Gasteiger partial charge >= 0.3 is 0 Å². The minimum absolute atomic E-state index is 0.0177. The van der Waals surface area contributed by atoms with Gasteiger partial charge in [0.05, 0.1) is 0 Å². The van der Waals surface area contributed by atoms with Gasteiger partial charge in [-0.15, -0.1) is 0 Å². The molecule has 1 unspecified atom stereocenters. The van der Waals surface area contributed by atoms with E-state index >= 15 is 0 Å². The summed E-state index contributed by atoms with van der Waals surface area (Å²) >= 11 is 0. The third kappa shape index (κ3) is 5.08. The lowest BCUT2D eigenvalue weighted by Gasteiger charge is -2.16. The van der Waals surface area contributed by atoms with Gasteiger partial charge in [-0.2, -0.15) is 0 Å². The first-order valence-electron chi connectivity index (χ1n) is 6.36. The van der Waals surface area contributed by atoms with Gasteiger partial charge in [0, 0.05) is 18.8 Å². The molecule has 1 heterocycles. The fourth-order valence-electron chi connectivity index (χ4n) is 1.62. The van der Waals surface area contributed by atoms with Crippen LogP contribution in [0.3, 0.4) is 0 Å². The SMILES string of the molecule is CCC(CCO)NC(=O)c1ncccc1OCC(F)F. The van der Waals surface area contributed by atoms with Crippen LogP contribution in [0.25, 0.3) is 0 Å². The molecule has 0 saturated heterocycles. The molecule has 1 aromatic rings. The van der Waals surface area contributed by atoms with Crippen molar-refractivity contribution in [3.8, 4) is 5.75 Å². The normalized spacial score (nSPS) is 12.2. The number of hydrogen-bond donors (Lipinski definition) is 2. The molecule has 1 rings (SSSR count). The van der Waals surface area contributed by atoms with Crippen LogP contribution in [0.5, 0.6) is 5.75 Å². The van der Waals surface area contributed by atoms with Gasteiger partial charge in [0.15, 0.2) is 11.4 Å². The minimum atomic E-state index is -2.62. The van der Waals surface area contributed by atoms with Gasteiger partial charge in [-0.3, -0.25) is 4.79 Å². The molecule has 0 fully saturated rings. The van der Waals surface area contributed by atoms with E-state index in [0.717, 1.165) is 0 Å². The Bertz CT molecular complexity index is 430. The maximum atomic E-state index is 12.1. The van der Waals surface area contributed by atoms with Gasteiger partial charge in [-0.1, -0.05) is 6.92 Å². The molecule has 1 amide bonds. The Morgan fingerprint density at radius 1 is 1.55 bits per heavy atom. The molecular weight excluding hydrogens is 270 g/mol. The molecule has 5 nitrogen and oxygen atoms in total. The summed E-state index contributed by atoms with van der Waals surface area (Å²) in [5, 5.41) is 11.6. The second kappa shape index (κ2) is 8.42. The summed E-state index contributed by atoms with van der Waals surface area (Å²) in [7, 11) is 0. The highest BCUT2D eigenvalue weighted by atomic mass is 19.3. The number of nitrogens with zero attached hydrogens (tertiary/aromatic N) is 1. The third-order valence-corrected chi connectivity index (χ3v) is 2.66. The fraction of sp³-hybridized carbons (Fsp3) is 0.538. The van der Waals surface area contributed by atoms with Crippen molar-refractivity contribution < 1.29 is 23.4 Å². The Labute approximate surface area is 116 Å². The maximum absolute atomic E-state index is 12.1. The van der Waals surface area contributed by atoms with Crippen LogP contribution in [-0.2, 0) is 0 Å². The number of amides is 1. The van der Waals surface area contributed by atoms with Crippen LogP contribution < -0.4 is 10.1 Å². The number of pyridine rings is 1. The zero-order chi connectivity index (χ0) is 15.0. The van der Waals surface area contributed by atoms with E-state index in [4.69, 9.17) is 9.84 Å². The van der Waals surface area contributed by atoms with Crippen LogP contribution in [0, 0.1) is 0 Å². The van der Waals surface area contributed by atoms with Crippen molar-refractivity contribution >= 4 is 5.91 Å². The first-order valence-corrected chi connectivity index (χ1v) is 6.36. The van der Waals surface area contributed by atoms with Gasteiger partial charge in [-0.25, -0.2) is 13.8 Å². The van der Waals surface area contributed by atoms with E-state index < -0.39 is 18.9 Å². The van der Waals surface area contributed by atoms with Gasteiger partial charge < -0.3 is 15.2 Å². The molecule has 0 aliphatic heterocycles. The van der Waals surface area contributed by atoms with Gasteiger partial charge in [0.1, 0.15) is 6.61 Å². The Kier molecular flexibility index (Phi) is 6.86. The number of ether oxygens (including phenoxy) is 1. The molecule has 0 aliphatic carbocycles. The van der Waals surface area contributed by atoms with Crippen molar-refractivity contribution in [2.24, 2.45) is 0 Å². The van der Waals surface area contributed by atoms with Crippen molar-refractivity contribution in [1.29, 1.82) is 0 Å². The molecule has 0 aromatic carbocycles. The van der Waals surface area contributed by atoms with Crippen LogP contribution >= 0.6 is 0 Å². The molecule has 1 atom stereocenters. The van der Waals surface area contributed by atoms with Crippen LogP contribution in [0.1, 0.15) is 30.3 Å². The molecule has 0 bridgehead atoms. The Morgan fingerprint density at radius 3 is 2.90 bits per heavy atom. The van der Waals surface area contributed by atoms with Crippen molar-refractivity contribution in [3.63, 3.8) is 0 Å². The number of carbonyl (C=O) groups excluding carboxylic acids is 1. The maximum Gasteiger partial charge on any atom is 0.273 e. The number of aliphatic hydroxyl groups is 1. The molecule has 0 aliphatic rings. The van der Waals surface area contributed by atoms with Crippen molar-refractivity contribution in [2.75, 3.05) is 13.2 Å². The number of carbonyl (C=O) groups is 1. The highest BCUT2D eigenvalue weighted by Crippen LogP contribution is 2.16. The summed E-state index contributed by atoms with van der Waals surface area (Å²) in [5.74, 6) is -0.487. The quantitative estimate of drug-likeness (QED) is 0.762. The fourth-order valence-corrected chi connectivity index (χ4v) is 1.62. The summed E-state index contributed by atoms with van der Waals surface area (Å²) in [6, 6.07) is 2.72. The number of nitrogens with one attached hydrogen (secondary N) is 1. The average Bonchev–Trinajstić information content (AvgIpc) is 2.44. The number of aliphatic hydroxyl groups excluding tert-OH is 1. The van der Waals surface area contributed by atoms with Crippen LogP contribution in [0.2, 0.25) is 0 Å². The zero-order valence-electron chi connectivity index (χ0n) is 11.2. The molecular formula is C13H18F2N2O3. The molecule has 112 valence electrons. The van der Waals surface area contributed by atoms with Gasteiger partial charge in [0.2, 0.25) is 0 Å². The Balaban J connectivity index is 2.76. The van der Waals surface area contributed by atoms with Crippen molar-refractivity contribution in [2.45, 2.75) is 32.2 Å². The topological polar surface area (TPSA) is 71.5 Å². The molecule has 0 spiro atoms. The zero-order valence-corrected chi connectivity index (χ0v) is 11.2. The summed E-state index contributed by atoms with van der Waals surface area (Å²) in [6.45, 7) is 1.03. The molecule has 0 radical (unpaired) electrons. The second-order valence-corrected chi connectivity index (χ2v) is 4.14. The Morgan fingerprint density at radius 2 is 2.30 bits per heavy atom. The monoisotopic (exact) mass is 288 g/mol. The molecule has 2 N–H and O–H groups in total. The lowest BCUT2D eigenvalue weighted by atomic mass is 10.1. The van der Waals surface area contributed by atoms with E-state index in [9.17, 15) is 13.6 Å². The first kappa shape index (κ1) is 16.3. The summed E-state index contributed by atoms with van der Waals surface area (Å²) in [5.41, 5.74) is -0.0375. The van der Waals surface area contributed by atoms with E-state index in [1.807, 2.05) is 6.92 Å². The van der Waals surface area contributed by atoms with Crippen LogP contribution in [-0.4, -0.2) is 41.7 Å². The number of halogens is 2. The van der Waals surface area contributed by atoms with Gasteiger partial charge in [-0.05, 0) is 25.0 Å². The number of alkyl halides is 2. The Hall–Kier alpha value is -1.76. The number of rotatable bonds is 8. The predicted octanol–water partition coefficient (Wildman–Crippen LogP) is 1.62. The number of aromatic nitrogens is 1. The van der Waals surface area contributed by atoms with Crippen molar-refractivity contribution in [3.05, 3.63) is 24.0 Å². The molecule has 20 heavy (non-hydrogen) atoms. The van der Waals surface area contributed by atoms with Crippen molar-refractivity contribution in [1.82, 2.24) is 10.3 Å². The third-order valence-electron chi connectivity index (χ3n) is 2.66. The highest BCUT2D eigenvalue weighted by Gasteiger charge is 2.18. The van der Waals surface area contributed by atoms with E-state index in [1.165, 1.54) is 18.3 Å². The summed E-state index contributed by atoms with van der Waals surface area (Å²) in [4.78, 5) is 15.9. The molecule has 7 heteroatoms. The standard InChI is InChI=1S/C13H18F2N2O3/c1-2-9(5-7-18)17-13(19)12-10(4-3-6-16-12)20-8-11(14)15/h3-4,6,9,11,18H,2,5,7-8H2,1H3,(H,17,19). The number of hydrogen-bond acceptors (Lipinski definition) is 4. The molecule has 0 saturated carbocycles. The van der Waals surface area contributed by atoms with E-state index in [1.54, 1.807) is 0 Å². The predicted molar refractivity (Wildman–Crippen MR) is 69.0 cm³/mol. The van der Waals surface area contributed by atoms with E-state index in [2.05, 4.69) is 10.3 Å². The van der Waals surface area contributed by atoms with E-state index in [-0.39, 0.29) is 24.1 Å². The lowest BCUT2D eigenvalue weighted by molar-refractivity contribution is 0.0786. The second-order valence-electron chi connectivity index (χ2n) is 4.14. The highest BCUT2D eigenvalue weighted by molar-refractivity contribution is 5.95. The average molecular weight is 288 g/mol. The smallest absolute Gasteiger partial charge is 0.273 e. The summed E-state index contributed by atoms with van der Waals surface area (Å²) in [6.07, 6.45) is -0.171. The molecule has 1 aromatic heterocycles. The largest absolute Gasteiger partial charge is 0.485 e.